The standard InChI is InChI=1S/C9H15.Li/c1-2-6-9-7-4-3-5-8-9;/h2H,1,3-8H2;/q-1;+1. The zero-order valence-corrected chi connectivity index (χ0v) is 7.03. The molecule has 0 spiro atoms. The van der Waals surface area contributed by atoms with E-state index < -0.39 is 0 Å². The van der Waals surface area contributed by atoms with E-state index in [0.29, 0.717) is 0 Å². The third-order valence-corrected chi connectivity index (χ3v) is 1.99. The zero-order chi connectivity index (χ0) is 6.53. The second kappa shape index (κ2) is 6.07. The van der Waals surface area contributed by atoms with Crippen molar-refractivity contribution in [1.82, 2.24) is 0 Å². The van der Waals surface area contributed by atoms with Gasteiger partial charge in [-0.1, -0.05) is 19.3 Å². The number of hydrogen-bond donors (Lipinski definition) is 0. The molecule has 1 heteroatoms. The Labute approximate surface area is 76.3 Å². The van der Waals surface area contributed by atoms with Crippen LogP contribution in [0.2, 0.25) is 0 Å². The van der Waals surface area contributed by atoms with Crippen molar-refractivity contribution < 1.29 is 18.9 Å². The van der Waals surface area contributed by atoms with Crippen LogP contribution in [0.15, 0.2) is 12.7 Å². The van der Waals surface area contributed by atoms with Crippen molar-refractivity contribution in [3.8, 4) is 0 Å². The first kappa shape index (κ1) is 10.3. The molecule has 1 aliphatic carbocycles. The topological polar surface area (TPSA) is 0 Å². The van der Waals surface area contributed by atoms with Crippen LogP contribution in [0.5, 0.6) is 0 Å². The first-order chi connectivity index (χ1) is 4.43. The molecule has 1 rings (SSSR count). The molecule has 0 aromatic carbocycles. The molecular weight excluding hydrogens is 115 g/mol. The Kier molecular flexibility index (Phi) is 6.28. The van der Waals surface area contributed by atoms with E-state index in [1.807, 2.05) is 6.08 Å². The van der Waals surface area contributed by atoms with Gasteiger partial charge in [0.05, 0.1) is 0 Å². The Hall–Kier alpha value is 0.337. The quantitative estimate of drug-likeness (QED) is 0.282. The molecule has 0 bridgehead atoms. The summed E-state index contributed by atoms with van der Waals surface area (Å²) in [5, 5.41) is 0. The van der Waals surface area contributed by atoms with Gasteiger partial charge in [-0.25, -0.2) is 0 Å². The van der Waals surface area contributed by atoms with Crippen LogP contribution in [0.4, 0.5) is 0 Å². The summed E-state index contributed by atoms with van der Waals surface area (Å²) in [4.78, 5) is 0. The van der Waals surface area contributed by atoms with Crippen LogP contribution in [0.1, 0.15) is 38.5 Å². The Morgan fingerprint density at radius 2 is 1.80 bits per heavy atom. The molecule has 0 atom stereocenters. The summed E-state index contributed by atoms with van der Waals surface area (Å²) in [6.45, 7) is 3.73. The summed E-state index contributed by atoms with van der Waals surface area (Å²) in [5.74, 6) is 1.72. The largest absolute Gasteiger partial charge is 1.00 e. The minimum absolute atomic E-state index is 0. The maximum Gasteiger partial charge on any atom is 1.00 e. The molecule has 1 saturated carbocycles. The Morgan fingerprint density at radius 3 is 2.30 bits per heavy atom. The normalized spacial score (nSPS) is 19.6. The molecule has 0 amide bonds. The minimum Gasteiger partial charge on any atom is -0.310 e. The summed E-state index contributed by atoms with van der Waals surface area (Å²) in [5.41, 5.74) is 0. The van der Waals surface area contributed by atoms with Gasteiger partial charge in [0.15, 0.2) is 0 Å². The fourth-order valence-corrected chi connectivity index (χ4v) is 1.46. The van der Waals surface area contributed by atoms with Gasteiger partial charge in [-0.2, -0.15) is 19.3 Å². The molecule has 0 unspecified atom stereocenters. The van der Waals surface area contributed by atoms with Crippen molar-refractivity contribution in [3.63, 3.8) is 0 Å². The van der Waals surface area contributed by atoms with Crippen LogP contribution in [0.25, 0.3) is 0 Å². The molecule has 0 heterocycles. The van der Waals surface area contributed by atoms with Crippen molar-refractivity contribution >= 4 is 0 Å². The average molecular weight is 130 g/mol. The first-order valence-corrected chi connectivity index (χ1v) is 3.88. The molecule has 10 heavy (non-hydrogen) atoms. The Bertz CT molecular complexity index is 82.7. The van der Waals surface area contributed by atoms with Gasteiger partial charge >= 0.3 is 18.9 Å². The van der Waals surface area contributed by atoms with E-state index in [4.69, 9.17) is 0 Å². The zero-order valence-electron chi connectivity index (χ0n) is 7.03. The van der Waals surface area contributed by atoms with E-state index in [2.05, 4.69) is 6.58 Å². The van der Waals surface area contributed by atoms with Crippen molar-refractivity contribution in [1.29, 1.82) is 0 Å². The van der Waals surface area contributed by atoms with Crippen LogP contribution >= 0.6 is 0 Å². The SMILES string of the molecule is C=CC[C-]1CCCCC1.[Li+]. The van der Waals surface area contributed by atoms with Crippen LogP contribution < -0.4 is 18.9 Å². The third-order valence-electron chi connectivity index (χ3n) is 1.99. The maximum absolute atomic E-state index is 3.73. The molecule has 0 saturated heterocycles. The summed E-state index contributed by atoms with van der Waals surface area (Å²) >= 11 is 0. The minimum atomic E-state index is 0. The molecule has 0 aromatic rings. The van der Waals surface area contributed by atoms with E-state index >= 15 is 0 Å². The van der Waals surface area contributed by atoms with Crippen LogP contribution in [-0.4, -0.2) is 0 Å². The number of rotatable bonds is 2. The van der Waals surface area contributed by atoms with Gasteiger partial charge in [-0.3, -0.25) is 0 Å². The predicted molar refractivity (Wildman–Crippen MR) is 41.1 cm³/mol. The van der Waals surface area contributed by atoms with Gasteiger partial charge in [0.1, 0.15) is 0 Å². The Balaban J connectivity index is 0.000000810. The van der Waals surface area contributed by atoms with Crippen molar-refractivity contribution in [3.05, 3.63) is 18.6 Å². The second-order valence-corrected chi connectivity index (χ2v) is 2.80. The smallest absolute Gasteiger partial charge is 0.310 e. The molecule has 1 fully saturated rings. The van der Waals surface area contributed by atoms with Crippen molar-refractivity contribution in [2.75, 3.05) is 0 Å². The Morgan fingerprint density at radius 1 is 1.20 bits per heavy atom. The summed E-state index contributed by atoms with van der Waals surface area (Å²) in [6.07, 6.45) is 10.2. The molecule has 0 aliphatic heterocycles. The molecule has 0 nitrogen and oxygen atoms in total. The van der Waals surface area contributed by atoms with Gasteiger partial charge in [0.25, 0.3) is 0 Å². The van der Waals surface area contributed by atoms with Gasteiger partial charge in [0.2, 0.25) is 0 Å². The van der Waals surface area contributed by atoms with E-state index in [1.54, 1.807) is 5.92 Å². The first-order valence-electron chi connectivity index (χ1n) is 3.88. The van der Waals surface area contributed by atoms with Gasteiger partial charge in [0, 0.05) is 0 Å². The monoisotopic (exact) mass is 130 g/mol. The molecule has 1 aliphatic rings. The predicted octanol–water partition coefficient (Wildman–Crippen LogP) is 0.105. The number of allylic oxidation sites excluding steroid dienone is 1. The van der Waals surface area contributed by atoms with Gasteiger partial charge in [-0.15, -0.1) is 12.7 Å². The molecule has 0 N–H and O–H groups in total. The molecular formula is C9H15Li. The fraction of sp³-hybridized carbons (Fsp3) is 0.667. The summed E-state index contributed by atoms with van der Waals surface area (Å²) in [7, 11) is 0. The third kappa shape index (κ3) is 3.49. The van der Waals surface area contributed by atoms with Crippen molar-refractivity contribution in [2.45, 2.75) is 38.5 Å². The van der Waals surface area contributed by atoms with Crippen LogP contribution in [-0.2, 0) is 0 Å². The van der Waals surface area contributed by atoms with E-state index in [1.165, 1.54) is 38.5 Å². The number of hydrogen-bond acceptors (Lipinski definition) is 0. The second-order valence-electron chi connectivity index (χ2n) is 2.80. The fourth-order valence-electron chi connectivity index (χ4n) is 1.46. The van der Waals surface area contributed by atoms with Crippen molar-refractivity contribution in [2.24, 2.45) is 0 Å². The van der Waals surface area contributed by atoms with Crippen LogP contribution in [0, 0.1) is 5.92 Å². The van der Waals surface area contributed by atoms with E-state index in [9.17, 15) is 0 Å². The molecule has 0 radical (unpaired) electrons. The van der Waals surface area contributed by atoms with E-state index in [-0.39, 0.29) is 18.9 Å². The summed E-state index contributed by atoms with van der Waals surface area (Å²) in [6, 6.07) is 0. The molecule has 0 aromatic heterocycles. The summed E-state index contributed by atoms with van der Waals surface area (Å²) < 4.78 is 0. The average Bonchev–Trinajstić information content (AvgIpc) is 1.91. The molecule has 52 valence electrons. The maximum atomic E-state index is 3.73. The van der Waals surface area contributed by atoms with Gasteiger partial charge < -0.3 is 5.92 Å². The van der Waals surface area contributed by atoms with Gasteiger partial charge in [-0.05, 0) is 0 Å². The van der Waals surface area contributed by atoms with Crippen LogP contribution in [0.3, 0.4) is 0 Å². The van der Waals surface area contributed by atoms with E-state index in [0.717, 1.165) is 0 Å².